The minimum absolute atomic E-state index is 0.127. The number of halogens is 2. The fraction of sp³-hybridized carbons (Fsp3) is 0.235. The molecule has 0 aromatic heterocycles. The number of hydrazine groups is 1. The first kappa shape index (κ1) is 16.7. The summed E-state index contributed by atoms with van der Waals surface area (Å²) in [6, 6.07) is 10.0. The van der Waals surface area contributed by atoms with Gasteiger partial charge in [-0.15, -0.1) is 0 Å². The van der Waals surface area contributed by atoms with Gasteiger partial charge in [0, 0.05) is 11.6 Å². The standard InChI is InChI=1S/C17H16F2N2O2S/c18-13-7-12(8-14(9-13)23-10-11-5-6-11)17(22)20-21-24-16-4-2-1-3-15(16)19/h1-4,7-9,11,21H,5-6,10H2,(H,20,22). The molecule has 2 N–H and O–H groups in total. The van der Waals surface area contributed by atoms with Gasteiger partial charge in [-0.25, -0.2) is 8.78 Å². The normalized spacial score (nSPS) is 13.6. The number of amides is 1. The third-order valence-corrected chi connectivity index (χ3v) is 4.23. The van der Waals surface area contributed by atoms with Gasteiger partial charge in [-0.2, -0.15) is 4.83 Å². The van der Waals surface area contributed by atoms with Crippen molar-refractivity contribution in [2.24, 2.45) is 5.92 Å². The number of carbonyl (C=O) groups is 1. The third kappa shape index (κ3) is 4.69. The van der Waals surface area contributed by atoms with E-state index in [9.17, 15) is 13.6 Å². The van der Waals surface area contributed by atoms with Crippen molar-refractivity contribution in [3.63, 3.8) is 0 Å². The topological polar surface area (TPSA) is 50.4 Å². The van der Waals surface area contributed by atoms with E-state index in [1.165, 1.54) is 18.2 Å². The van der Waals surface area contributed by atoms with Crippen LogP contribution in [0.5, 0.6) is 5.75 Å². The van der Waals surface area contributed by atoms with Crippen molar-refractivity contribution in [3.05, 3.63) is 59.7 Å². The molecule has 0 spiro atoms. The molecule has 0 unspecified atom stereocenters. The number of nitrogens with one attached hydrogen (secondary N) is 2. The molecule has 1 saturated carbocycles. The minimum atomic E-state index is -0.546. The van der Waals surface area contributed by atoms with Crippen LogP contribution in [0.25, 0.3) is 0 Å². The maximum atomic E-state index is 13.6. The molecule has 0 bridgehead atoms. The largest absolute Gasteiger partial charge is 0.493 e. The van der Waals surface area contributed by atoms with Crippen molar-refractivity contribution in [1.29, 1.82) is 0 Å². The summed E-state index contributed by atoms with van der Waals surface area (Å²) < 4.78 is 32.6. The van der Waals surface area contributed by atoms with E-state index in [4.69, 9.17) is 4.74 Å². The SMILES string of the molecule is O=C(NNSc1ccccc1F)c1cc(F)cc(OCC2CC2)c1. The predicted octanol–water partition coefficient (Wildman–Crippen LogP) is 3.70. The highest BCUT2D eigenvalue weighted by Gasteiger charge is 2.22. The Morgan fingerprint density at radius 1 is 1.21 bits per heavy atom. The summed E-state index contributed by atoms with van der Waals surface area (Å²) >= 11 is 0.919. The van der Waals surface area contributed by atoms with Gasteiger partial charge in [0.1, 0.15) is 17.4 Å². The molecular weight excluding hydrogens is 334 g/mol. The first-order chi connectivity index (χ1) is 11.6. The highest BCUT2D eigenvalue weighted by Crippen LogP contribution is 2.30. The Labute approximate surface area is 142 Å². The van der Waals surface area contributed by atoms with Gasteiger partial charge in [0.2, 0.25) is 0 Å². The second-order valence-electron chi connectivity index (χ2n) is 5.52. The van der Waals surface area contributed by atoms with Crippen LogP contribution in [0.4, 0.5) is 8.78 Å². The summed E-state index contributed by atoms with van der Waals surface area (Å²) in [6.45, 7) is 0.534. The molecule has 7 heteroatoms. The number of rotatable bonds is 7. The molecule has 3 rings (SSSR count). The van der Waals surface area contributed by atoms with Gasteiger partial charge in [-0.3, -0.25) is 10.2 Å². The van der Waals surface area contributed by atoms with Crippen molar-refractivity contribution in [2.45, 2.75) is 17.7 Å². The van der Waals surface area contributed by atoms with Crippen LogP contribution in [0.15, 0.2) is 47.4 Å². The number of ether oxygens (including phenoxy) is 1. The lowest BCUT2D eigenvalue weighted by Gasteiger charge is -2.10. The lowest BCUT2D eigenvalue weighted by Crippen LogP contribution is -2.32. The van der Waals surface area contributed by atoms with Crippen molar-refractivity contribution < 1.29 is 18.3 Å². The average Bonchev–Trinajstić information content (AvgIpc) is 3.38. The van der Waals surface area contributed by atoms with Crippen LogP contribution in [-0.4, -0.2) is 12.5 Å². The van der Waals surface area contributed by atoms with Gasteiger partial charge in [-0.1, -0.05) is 12.1 Å². The molecule has 1 aliphatic rings. The van der Waals surface area contributed by atoms with Crippen LogP contribution < -0.4 is 15.0 Å². The maximum Gasteiger partial charge on any atom is 0.266 e. The zero-order chi connectivity index (χ0) is 16.9. The van der Waals surface area contributed by atoms with E-state index in [1.54, 1.807) is 18.2 Å². The van der Waals surface area contributed by atoms with E-state index in [0.717, 1.165) is 30.9 Å². The molecular formula is C17H16F2N2O2S. The van der Waals surface area contributed by atoms with Gasteiger partial charge in [0.05, 0.1) is 11.5 Å². The Kier molecular flexibility index (Phi) is 5.32. The second kappa shape index (κ2) is 7.63. The highest BCUT2D eigenvalue weighted by atomic mass is 32.2. The van der Waals surface area contributed by atoms with E-state index < -0.39 is 17.5 Å². The third-order valence-electron chi connectivity index (χ3n) is 3.48. The fourth-order valence-electron chi connectivity index (χ4n) is 2.00. The van der Waals surface area contributed by atoms with Gasteiger partial charge < -0.3 is 4.74 Å². The second-order valence-corrected chi connectivity index (χ2v) is 6.37. The van der Waals surface area contributed by atoms with Crippen molar-refractivity contribution in [3.8, 4) is 5.75 Å². The zero-order valence-electron chi connectivity index (χ0n) is 12.7. The molecule has 4 nitrogen and oxygen atoms in total. The van der Waals surface area contributed by atoms with E-state index in [-0.39, 0.29) is 5.56 Å². The van der Waals surface area contributed by atoms with Crippen LogP contribution in [0, 0.1) is 17.6 Å². The van der Waals surface area contributed by atoms with Gasteiger partial charge in [-0.05, 0) is 55.0 Å². The molecule has 0 heterocycles. The summed E-state index contributed by atoms with van der Waals surface area (Å²) in [4.78, 5) is 15.0. The number of carbonyl (C=O) groups excluding carboxylic acids is 1. The Balaban J connectivity index is 1.56. The Morgan fingerprint density at radius 2 is 2.00 bits per heavy atom. The molecule has 0 atom stereocenters. The predicted molar refractivity (Wildman–Crippen MR) is 87.5 cm³/mol. The molecule has 2 aromatic carbocycles. The molecule has 1 aliphatic carbocycles. The Hall–Kier alpha value is -2.12. The molecule has 24 heavy (non-hydrogen) atoms. The van der Waals surface area contributed by atoms with E-state index in [0.29, 0.717) is 23.2 Å². The number of benzene rings is 2. The van der Waals surface area contributed by atoms with Gasteiger partial charge in [0.15, 0.2) is 0 Å². The van der Waals surface area contributed by atoms with Crippen molar-refractivity contribution in [2.75, 3.05) is 6.61 Å². The molecule has 126 valence electrons. The molecule has 2 aromatic rings. The molecule has 1 fully saturated rings. The maximum absolute atomic E-state index is 13.6. The number of hydrogen-bond acceptors (Lipinski definition) is 4. The van der Waals surface area contributed by atoms with E-state index in [1.807, 2.05) is 0 Å². The Morgan fingerprint density at radius 3 is 2.75 bits per heavy atom. The van der Waals surface area contributed by atoms with Crippen LogP contribution in [-0.2, 0) is 0 Å². The summed E-state index contributed by atoms with van der Waals surface area (Å²) in [5.41, 5.74) is 2.52. The molecule has 0 saturated heterocycles. The van der Waals surface area contributed by atoms with Crippen LogP contribution in [0.3, 0.4) is 0 Å². The fourth-order valence-corrected chi connectivity index (χ4v) is 2.57. The summed E-state index contributed by atoms with van der Waals surface area (Å²) in [7, 11) is 0. The quantitative estimate of drug-likeness (QED) is 0.591. The molecule has 0 aliphatic heterocycles. The van der Waals surface area contributed by atoms with Crippen molar-refractivity contribution in [1.82, 2.24) is 10.3 Å². The van der Waals surface area contributed by atoms with Crippen molar-refractivity contribution >= 4 is 17.9 Å². The lowest BCUT2D eigenvalue weighted by molar-refractivity contribution is 0.0946. The van der Waals surface area contributed by atoms with Gasteiger partial charge in [0.25, 0.3) is 5.91 Å². The summed E-state index contributed by atoms with van der Waals surface area (Å²) in [5, 5.41) is 0. The first-order valence-corrected chi connectivity index (χ1v) is 8.33. The van der Waals surface area contributed by atoms with Crippen LogP contribution in [0.1, 0.15) is 23.2 Å². The smallest absolute Gasteiger partial charge is 0.266 e. The van der Waals surface area contributed by atoms with E-state index >= 15 is 0 Å². The monoisotopic (exact) mass is 350 g/mol. The van der Waals surface area contributed by atoms with E-state index in [2.05, 4.69) is 10.3 Å². The lowest BCUT2D eigenvalue weighted by atomic mass is 10.2. The van der Waals surface area contributed by atoms with Crippen LogP contribution in [0.2, 0.25) is 0 Å². The summed E-state index contributed by atoms with van der Waals surface area (Å²) in [5.74, 6) is -0.617. The number of hydrogen-bond donors (Lipinski definition) is 2. The minimum Gasteiger partial charge on any atom is -0.493 e. The molecule has 0 radical (unpaired) electrons. The highest BCUT2D eigenvalue weighted by molar-refractivity contribution is 7.97. The summed E-state index contributed by atoms with van der Waals surface area (Å²) in [6.07, 6.45) is 2.25. The van der Waals surface area contributed by atoms with Gasteiger partial charge >= 0.3 is 0 Å². The Bertz CT molecular complexity index is 738. The first-order valence-electron chi connectivity index (χ1n) is 7.52. The zero-order valence-corrected chi connectivity index (χ0v) is 13.5. The van der Waals surface area contributed by atoms with Crippen LogP contribution >= 0.6 is 11.9 Å². The molecule has 1 amide bonds. The average molecular weight is 350 g/mol.